The van der Waals surface area contributed by atoms with Crippen LogP contribution >= 0.6 is 12.4 Å². The van der Waals surface area contributed by atoms with Crippen LogP contribution in [0.1, 0.15) is 51.5 Å². The molecule has 0 radical (unpaired) electrons. The molecule has 2 N–H and O–H groups in total. The molecular weight excluding hydrogens is 348 g/mol. The van der Waals surface area contributed by atoms with Gasteiger partial charge in [-0.3, -0.25) is 0 Å². The molecule has 2 bridgehead atoms. The topological polar surface area (TPSA) is 53.7 Å². The lowest BCUT2D eigenvalue weighted by Crippen LogP contribution is -2.65. The quantitative estimate of drug-likeness (QED) is 0.818. The average molecular weight is 378 g/mol. The normalized spacial score (nSPS) is 39.9. The summed E-state index contributed by atoms with van der Waals surface area (Å²) in [4.78, 5) is 0. The van der Waals surface area contributed by atoms with Crippen LogP contribution in [0.5, 0.6) is 5.75 Å². The van der Waals surface area contributed by atoms with E-state index >= 15 is 0 Å². The summed E-state index contributed by atoms with van der Waals surface area (Å²) in [6, 6.07) is 8.27. The largest absolute Gasteiger partial charge is 0.493 e. The lowest BCUT2D eigenvalue weighted by atomic mass is 9.43. The number of benzene rings is 1. The number of halogens is 1. The minimum Gasteiger partial charge on any atom is -0.493 e. The summed E-state index contributed by atoms with van der Waals surface area (Å²) in [7, 11) is -0.294. The van der Waals surface area contributed by atoms with Gasteiger partial charge in [0.2, 0.25) is 0 Å². The van der Waals surface area contributed by atoms with Crippen LogP contribution < -0.4 is 10.5 Å². The van der Waals surface area contributed by atoms with Crippen LogP contribution in [-0.4, -0.2) is 31.4 Å². The number of nitrogens with two attached hydrogens (primary N) is 1. The van der Waals surface area contributed by atoms with Crippen molar-refractivity contribution >= 4 is 19.5 Å². The van der Waals surface area contributed by atoms with Crippen LogP contribution in [-0.2, 0) is 9.31 Å². The third-order valence-corrected chi connectivity index (χ3v) is 7.67. The predicted molar refractivity (Wildman–Crippen MR) is 105 cm³/mol. The van der Waals surface area contributed by atoms with Gasteiger partial charge in [-0.2, -0.15) is 0 Å². The van der Waals surface area contributed by atoms with Gasteiger partial charge in [-0.25, -0.2) is 0 Å². The van der Waals surface area contributed by atoms with E-state index in [4.69, 9.17) is 19.8 Å². The fourth-order valence-corrected chi connectivity index (χ4v) is 5.95. The van der Waals surface area contributed by atoms with Gasteiger partial charge in [-0.1, -0.05) is 32.0 Å². The van der Waals surface area contributed by atoms with Gasteiger partial charge in [0.15, 0.2) is 0 Å². The van der Waals surface area contributed by atoms with Crippen LogP contribution in [0.15, 0.2) is 24.3 Å². The molecule has 5 aliphatic rings. The van der Waals surface area contributed by atoms with Gasteiger partial charge in [0.1, 0.15) is 5.75 Å². The molecule has 2 heterocycles. The smallest absolute Gasteiger partial charge is 0.475 e. The molecule has 0 aromatic heterocycles. The second-order valence-electron chi connectivity index (χ2n) is 9.28. The van der Waals surface area contributed by atoms with E-state index in [1.807, 2.05) is 12.1 Å². The molecule has 6 heteroatoms. The Morgan fingerprint density at radius 3 is 2.77 bits per heavy atom. The third-order valence-electron chi connectivity index (χ3n) is 7.67. The number of ether oxygens (including phenoxy) is 1. The van der Waals surface area contributed by atoms with Gasteiger partial charge < -0.3 is 19.8 Å². The molecule has 1 aromatic carbocycles. The van der Waals surface area contributed by atoms with E-state index in [0.29, 0.717) is 23.9 Å². The monoisotopic (exact) mass is 377 g/mol. The van der Waals surface area contributed by atoms with Crippen molar-refractivity contribution in [3.8, 4) is 5.75 Å². The van der Waals surface area contributed by atoms with Crippen LogP contribution in [0.4, 0.5) is 0 Å². The van der Waals surface area contributed by atoms with Crippen LogP contribution in [0.25, 0.3) is 0 Å². The number of hydrogen-bond donors (Lipinski definition) is 1. The Kier molecular flexibility index (Phi) is 4.39. The highest BCUT2D eigenvalue weighted by atomic mass is 35.5. The Bertz CT molecular complexity index is 701. The molecule has 6 rings (SSSR count). The van der Waals surface area contributed by atoms with Crippen molar-refractivity contribution in [2.24, 2.45) is 23.0 Å². The summed E-state index contributed by atoms with van der Waals surface area (Å²) < 4.78 is 18.6. The standard InChI is InChI=1S/C20H28BNO3.ClH/c1-19(2)13-9-16(19)20(3)17(10-13)24-21(25-20)18(22)8-12-11-23-15-7-5-4-6-14(12)15;/h4-7,12-13,16-18H,8-11,22H2,1-3H3;1H/t12?,13-,16-,17+,18?,20-;/m0./s1. The molecule has 0 amide bonds. The van der Waals surface area contributed by atoms with E-state index in [1.165, 1.54) is 12.0 Å². The number of fused-ring (bicyclic) bond motifs is 1. The molecule has 2 aliphatic heterocycles. The maximum Gasteiger partial charge on any atom is 0.475 e. The predicted octanol–water partition coefficient (Wildman–Crippen LogP) is 3.57. The van der Waals surface area contributed by atoms with Gasteiger partial charge in [0, 0.05) is 17.4 Å². The van der Waals surface area contributed by atoms with E-state index in [9.17, 15) is 0 Å². The molecule has 1 aromatic rings. The molecule has 3 saturated carbocycles. The zero-order chi connectivity index (χ0) is 17.4. The minimum atomic E-state index is -0.294. The Hall–Kier alpha value is -0.745. The Morgan fingerprint density at radius 1 is 1.23 bits per heavy atom. The van der Waals surface area contributed by atoms with E-state index in [1.54, 1.807) is 0 Å². The second kappa shape index (κ2) is 6.13. The second-order valence-corrected chi connectivity index (χ2v) is 9.28. The summed E-state index contributed by atoms with van der Waals surface area (Å²) >= 11 is 0. The zero-order valence-corrected chi connectivity index (χ0v) is 16.6. The lowest BCUT2D eigenvalue weighted by molar-refractivity contribution is -0.199. The fraction of sp³-hybridized carbons (Fsp3) is 0.700. The summed E-state index contributed by atoms with van der Waals surface area (Å²) in [5.41, 5.74) is 8.01. The van der Waals surface area contributed by atoms with Crippen molar-refractivity contribution in [2.45, 2.75) is 63.6 Å². The lowest BCUT2D eigenvalue weighted by Gasteiger charge is -2.64. The highest BCUT2D eigenvalue weighted by Crippen LogP contribution is 2.65. The molecular formula is C20H29BClNO3. The molecule has 2 unspecified atom stereocenters. The fourth-order valence-electron chi connectivity index (χ4n) is 5.95. The van der Waals surface area contributed by atoms with E-state index in [0.717, 1.165) is 24.5 Å². The van der Waals surface area contributed by atoms with Gasteiger partial charge in [0.05, 0.1) is 18.3 Å². The van der Waals surface area contributed by atoms with E-state index < -0.39 is 0 Å². The SMILES string of the molecule is CC1(C)[C@@H]2C[C@H]3OB(C(N)CC4COc5ccccc54)O[C@@]3(C)[C@H]1C2.Cl. The number of rotatable bonds is 3. The maximum atomic E-state index is 6.55. The number of para-hydroxylation sites is 1. The average Bonchev–Trinajstić information content (AvgIpc) is 3.15. The van der Waals surface area contributed by atoms with Crippen molar-refractivity contribution in [1.82, 2.24) is 0 Å². The Balaban J connectivity index is 0.00000168. The van der Waals surface area contributed by atoms with Crippen molar-refractivity contribution in [1.29, 1.82) is 0 Å². The summed E-state index contributed by atoms with van der Waals surface area (Å²) in [5.74, 6) is 2.55. The first-order valence-electron chi connectivity index (χ1n) is 9.70. The Morgan fingerprint density at radius 2 is 2.00 bits per heavy atom. The van der Waals surface area contributed by atoms with Gasteiger partial charge >= 0.3 is 7.12 Å². The first-order chi connectivity index (χ1) is 11.9. The van der Waals surface area contributed by atoms with Crippen LogP contribution in [0, 0.1) is 17.3 Å². The van der Waals surface area contributed by atoms with Gasteiger partial charge in [-0.05, 0) is 49.5 Å². The van der Waals surface area contributed by atoms with Gasteiger partial charge in [-0.15, -0.1) is 12.4 Å². The van der Waals surface area contributed by atoms with E-state index in [-0.39, 0.29) is 37.2 Å². The molecule has 142 valence electrons. The van der Waals surface area contributed by atoms with Crippen molar-refractivity contribution in [2.75, 3.05) is 6.61 Å². The maximum absolute atomic E-state index is 6.55. The molecule has 3 aliphatic carbocycles. The van der Waals surface area contributed by atoms with Crippen molar-refractivity contribution in [3.63, 3.8) is 0 Å². The molecule has 1 saturated heterocycles. The molecule has 4 fully saturated rings. The molecule has 4 nitrogen and oxygen atoms in total. The molecule has 0 spiro atoms. The van der Waals surface area contributed by atoms with Crippen molar-refractivity contribution < 1.29 is 14.0 Å². The first kappa shape index (κ1) is 18.6. The highest BCUT2D eigenvalue weighted by molar-refractivity contribution is 6.47. The van der Waals surface area contributed by atoms with Gasteiger partial charge in [0.25, 0.3) is 0 Å². The highest BCUT2D eigenvalue weighted by Gasteiger charge is 2.68. The Labute approximate surface area is 162 Å². The third kappa shape index (κ3) is 2.47. The molecule has 26 heavy (non-hydrogen) atoms. The minimum absolute atomic E-state index is 0. The molecule has 6 atom stereocenters. The van der Waals surface area contributed by atoms with Crippen LogP contribution in [0.2, 0.25) is 0 Å². The first-order valence-corrected chi connectivity index (χ1v) is 9.70. The number of hydrogen-bond acceptors (Lipinski definition) is 4. The zero-order valence-electron chi connectivity index (χ0n) is 15.8. The summed E-state index contributed by atoms with van der Waals surface area (Å²) in [6.07, 6.45) is 3.42. The summed E-state index contributed by atoms with van der Waals surface area (Å²) in [5, 5.41) is 0. The van der Waals surface area contributed by atoms with E-state index in [2.05, 4.69) is 32.9 Å². The van der Waals surface area contributed by atoms with Crippen LogP contribution in [0.3, 0.4) is 0 Å². The van der Waals surface area contributed by atoms with Crippen molar-refractivity contribution in [3.05, 3.63) is 29.8 Å². The summed E-state index contributed by atoms with van der Waals surface area (Å²) in [6.45, 7) is 7.73.